The van der Waals surface area contributed by atoms with Gasteiger partial charge >= 0.3 is 0 Å². The molecule has 0 fully saturated rings. The van der Waals surface area contributed by atoms with Crippen molar-refractivity contribution in [3.05, 3.63) is 88.7 Å². The average molecular weight is 376 g/mol. The molecule has 6 heteroatoms. The van der Waals surface area contributed by atoms with Gasteiger partial charge in [0.1, 0.15) is 5.76 Å². The molecular weight excluding hydrogens is 360 g/mol. The van der Waals surface area contributed by atoms with Crippen molar-refractivity contribution in [2.45, 2.75) is 11.4 Å². The molecule has 0 bridgehead atoms. The summed E-state index contributed by atoms with van der Waals surface area (Å²) in [5, 5.41) is 5.69. The van der Waals surface area contributed by atoms with E-state index in [1.165, 1.54) is 11.8 Å². The summed E-state index contributed by atoms with van der Waals surface area (Å²) in [6.07, 6.45) is 3.39. The molecule has 0 aliphatic carbocycles. The van der Waals surface area contributed by atoms with Gasteiger partial charge in [0.25, 0.3) is 11.8 Å². The highest BCUT2D eigenvalue weighted by molar-refractivity contribution is 8.04. The fourth-order valence-corrected chi connectivity index (χ4v) is 3.62. The molecule has 0 saturated heterocycles. The molecule has 2 N–H and O–H groups in total. The smallest absolute Gasteiger partial charge is 0.262 e. The lowest BCUT2D eigenvalue weighted by Gasteiger charge is -2.18. The minimum absolute atomic E-state index is 0.126. The lowest BCUT2D eigenvalue weighted by molar-refractivity contribution is -0.112. The van der Waals surface area contributed by atoms with Gasteiger partial charge in [-0.3, -0.25) is 9.59 Å². The molecule has 0 spiro atoms. The number of carbonyl (C=O) groups is 2. The highest BCUT2D eigenvalue weighted by atomic mass is 32.2. The first-order valence-corrected chi connectivity index (χ1v) is 9.21. The molecule has 2 heterocycles. The molecule has 0 unspecified atom stereocenters. The third kappa shape index (κ3) is 3.96. The molecule has 134 valence electrons. The molecule has 2 amide bonds. The van der Waals surface area contributed by atoms with Gasteiger partial charge in [-0.15, -0.1) is 0 Å². The minimum Gasteiger partial charge on any atom is -0.467 e. The van der Waals surface area contributed by atoms with Crippen molar-refractivity contribution in [1.82, 2.24) is 5.32 Å². The molecular formula is C21H16N2O3S. The number of rotatable bonds is 4. The van der Waals surface area contributed by atoms with Gasteiger partial charge in [0.15, 0.2) is 0 Å². The van der Waals surface area contributed by atoms with Crippen LogP contribution in [0.1, 0.15) is 21.7 Å². The maximum atomic E-state index is 12.3. The van der Waals surface area contributed by atoms with Crippen LogP contribution >= 0.6 is 11.8 Å². The number of furan rings is 1. The van der Waals surface area contributed by atoms with Gasteiger partial charge in [0, 0.05) is 10.5 Å². The Bertz CT molecular complexity index is 1010. The molecule has 4 rings (SSSR count). The normalized spacial score (nSPS) is 14.5. The third-order valence-corrected chi connectivity index (χ3v) is 5.15. The summed E-state index contributed by atoms with van der Waals surface area (Å²) in [7, 11) is 0. The van der Waals surface area contributed by atoms with E-state index < -0.39 is 0 Å². The van der Waals surface area contributed by atoms with Gasteiger partial charge in [-0.05, 0) is 48.0 Å². The topological polar surface area (TPSA) is 71.3 Å². The first-order chi connectivity index (χ1) is 13.2. The minimum atomic E-state index is -0.177. The number of anilines is 1. The van der Waals surface area contributed by atoms with Crippen molar-refractivity contribution in [2.24, 2.45) is 0 Å². The first-order valence-electron chi connectivity index (χ1n) is 8.39. The third-order valence-electron chi connectivity index (χ3n) is 4.05. The molecule has 5 nitrogen and oxygen atoms in total. The number of nitrogens with one attached hydrogen (secondary N) is 2. The van der Waals surface area contributed by atoms with Gasteiger partial charge in [0.2, 0.25) is 0 Å². The van der Waals surface area contributed by atoms with Crippen LogP contribution in [-0.2, 0) is 11.3 Å². The Morgan fingerprint density at radius 3 is 2.67 bits per heavy atom. The summed E-state index contributed by atoms with van der Waals surface area (Å²) in [6.45, 7) is 0.341. The summed E-state index contributed by atoms with van der Waals surface area (Å²) < 4.78 is 5.20. The van der Waals surface area contributed by atoms with E-state index in [0.717, 1.165) is 16.1 Å². The van der Waals surface area contributed by atoms with Crippen LogP contribution < -0.4 is 10.6 Å². The lowest BCUT2D eigenvalue weighted by atomic mass is 10.1. The predicted octanol–water partition coefficient (Wildman–Crippen LogP) is 4.29. The zero-order chi connectivity index (χ0) is 18.6. The van der Waals surface area contributed by atoms with Gasteiger partial charge < -0.3 is 15.1 Å². The highest BCUT2D eigenvalue weighted by Gasteiger charge is 2.20. The molecule has 2 aromatic carbocycles. The van der Waals surface area contributed by atoms with Crippen LogP contribution in [0.3, 0.4) is 0 Å². The van der Waals surface area contributed by atoms with Gasteiger partial charge in [0.05, 0.1) is 23.4 Å². The van der Waals surface area contributed by atoms with E-state index in [4.69, 9.17) is 4.42 Å². The number of amides is 2. The predicted molar refractivity (Wildman–Crippen MR) is 105 cm³/mol. The number of fused-ring (bicyclic) bond motifs is 1. The van der Waals surface area contributed by atoms with Crippen LogP contribution in [0.4, 0.5) is 5.69 Å². The van der Waals surface area contributed by atoms with Crippen molar-refractivity contribution in [1.29, 1.82) is 0 Å². The summed E-state index contributed by atoms with van der Waals surface area (Å²) in [6, 6.07) is 18.4. The van der Waals surface area contributed by atoms with Crippen LogP contribution in [0.15, 0.2) is 81.1 Å². The number of benzene rings is 2. The van der Waals surface area contributed by atoms with Crippen molar-refractivity contribution >= 4 is 35.3 Å². The zero-order valence-corrected chi connectivity index (χ0v) is 15.1. The number of thioether (sulfide) groups is 1. The second kappa shape index (κ2) is 7.55. The van der Waals surface area contributed by atoms with Crippen LogP contribution in [-0.4, -0.2) is 11.8 Å². The van der Waals surface area contributed by atoms with Gasteiger partial charge in [-0.25, -0.2) is 0 Å². The zero-order valence-electron chi connectivity index (χ0n) is 14.3. The Hall–Kier alpha value is -3.25. The van der Waals surface area contributed by atoms with Gasteiger partial charge in [-0.2, -0.15) is 0 Å². The van der Waals surface area contributed by atoms with Crippen molar-refractivity contribution in [2.75, 3.05) is 5.32 Å². The van der Waals surface area contributed by atoms with Crippen molar-refractivity contribution < 1.29 is 14.0 Å². The lowest BCUT2D eigenvalue weighted by Crippen LogP contribution is -2.22. The maximum absolute atomic E-state index is 12.3. The van der Waals surface area contributed by atoms with Crippen LogP contribution in [0.5, 0.6) is 0 Å². The molecule has 27 heavy (non-hydrogen) atoms. The van der Waals surface area contributed by atoms with E-state index in [-0.39, 0.29) is 11.8 Å². The Balaban J connectivity index is 1.45. The second-order valence-corrected chi connectivity index (χ2v) is 7.03. The Morgan fingerprint density at radius 2 is 1.89 bits per heavy atom. The Labute approximate surface area is 160 Å². The number of para-hydroxylation sites is 1. The Kier molecular flexibility index (Phi) is 4.80. The molecule has 1 aliphatic rings. The van der Waals surface area contributed by atoms with E-state index in [9.17, 15) is 9.59 Å². The standard InChI is InChI=1S/C21H16N2O3S/c24-20(22-13-16-4-3-11-26-16)15-9-7-14(8-10-15)12-19-21(25)23-17-5-1-2-6-18(17)27-19/h1-12H,13H2,(H,22,24)(H,23,25). The van der Waals surface area contributed by atoms with Crippen LogP contribution in [0.2, 0.25) is 0 Å². The summed E-state index contributed by atoms with van der Waals surface area (Å²) in [5.41, 5.74) is 2.23. The number of carbonyl (C=O) groups excluding carboxylic acids is 2. The fourth-order valence-electron chi connectivity index (χ4n) is 2.67. The average Bonchev–Trinajstić information content (AvgIpc) is 3.21. The molecule has 0 saturated carbocycles. The van der Waals surface area contributed by atoms with Crippen LogP contribution in [0, 0.1) is 0 Å². The van der Waals surface area contributed by atoms with Gasteiger partial charge in [-0.1, -0.05) is 36.0 Å². The first kappa shape index (κ1) is 17.2. The quantitative estimate of drug-likeness (QED) is 0.666. The molecule has 1 aromatic heterocycles. The SMILES string of the molecule is O=C1Nc2ccccc2SC1=Cc1ccc(C(=O)NCc2ccco2)cc1. The van der Waals surface area contributed by atoms with Crippen LogP contribution in [0.25, 0.3) is 6.08 Å². The largest absolute Gasteiger partial charge is 0.467 e. The monoisotopic (exact) mass is 376 g/mol. The van der Waals surface area contributed by atoms with E-state index in [1.807, 2.05) is 42.5 Å². The molecule has 0 radical (unpaired) electrons. The number of hydrogen-bond acceptors (Lipinski definition) is 4. The molecule has 3 aromatic rings. The number of hydrogen-bond donors (Lipinski definition) is 2. The maximum Gasteiger partial charge on any atom is 0.262 e. The fraction of sp³-hybridized carbons (Fsp3) is 0.0476. The van der Waals surface area contributed by atoms with E-state index >= 15 is 0 Å². The van der Waals surface area contributed by atoms with Crippen molar-refractivity contribution in [3.8, 4) is 0 Å². The van der Waals surface area contributed by atoms with E-state index in [2.05, 4.69) is 10.6 Å². The molecule has 0 atom stereocenters. The summed E-state index contributed by atoms with van der Waals surface area (Å²) >= 11 is 1.44. The summed E-state index contributed by atoms with van der Waals surface area (Å²) in [5.74, 6) is 0.397. The van der Waals surface area contributed by atoms with E-state index in [0.29, 0.717) is 22.8 Å². The highest BCUT2D eigenvalue weighted by Crippen LogP contribution is 2.38. The Morgan fingerprint density at radius 1 is 1.07 bits per heavy atom. The summed E-state index contributed by atoms with van der Waals surface area (Å²) in [4.78, 5) is 26.1. The molecule has 1 aliphatic heterocycles. The van der Waals surface area contributed by atoms with E-state index in [1.54, 1.807) is 30.5 Å². The van der Waals surface area contributed by atoms with Crippen molar-refractivity contribution in [3.63, 3.8) is 0 Å². The second-order valence-electron chi connectivity index (χ2n) is 5.94.